The molecule has 1 atom stereocenters. The lowest BCUT2D eigenvalue weighted by Crippen LogP contribution is -2.13. The first-order chi connectivity index (χ1) is 11.7. The number of ketones is 1. The van der Waals surface area contributed by atoms with Crippen molar-refractivity contribution in [2.75, 3.05) is 6.26 Å². The van der Waals surface area contributed by atoms with E-state index in [1.54, 1.807) is 0 Å². The van der Waals surface area contributed by atoms with Crippen LogP contribution in [-0.2, 0) is 23.4 Å². The number of aromatic nitrogens is 2. The summed E-state index contributed by atoms with van der Waals surface area (Å²) < 4.78 is 55.1. The molecule has 1 fully saturated rings. The van der Waals surface area contributed by atoms with Gasteiger partial charge in [-0.1, -0.05) is 5.16 Å². The molecule has 0 N–H and O–H groups in total. The van der Waals surface area contributed by atoms with Gasteiger partial charge in [0.05, 0.1) is 10.8 Å². The normalized spacial score (nSPS) is 16.0. The summed E-state index contributed by atoms with van der Waals surface area (Å²) in [5, 5.41) is 4.02. The van der Waals surface area contributed by atoms with Crippen molar-refractivity contribution < 1.29 is 26.7 Å². The molecule has 2 aromatic rings. The van der Waals surface area contributed by atoms with Crippen LogP contribution in [0.2, 0.25) is 0 Å². The predicted molar refractivity (Wildman–Crippen MR) is 82.8 cm³/mol. The van der Waals surface area contributed by atoms with E-state index in [0.717, 1.165) is 25.0 Å². The second-order valence-corrected chi connectivity index (χ2v) is 7.28. The summed E-state index contributed by atoms with van der Waals surface area (Å²) in [6.07, 6.45) is -1.43. The van der Waals surface area contributed by atoms with Crippen molar-refractivity contribution in [1.82, 2.24) is 10.1 Å². The third-order valence-electron chi connectivity index (χ3n) is 4.02. The van der Waals surface area contributed by atoms with Gasteiger partial charge in [0, 0.05) is 35.4 Å². The molecule has 25 heavy (non-hydrogen) atoms. The van der Waals surface area contributed by atoms with Crippen molar-refractivity contribution in [2.24, 2.45) is 0 Å². The number of pyridine rings is 1. The van der Waals surface area contributed by atoms with Gasteiger partial charge in [-0.3, -0.25) is 9.00 Å². The molecule has 1 aliphatic carbocycles. The van der Waals surface area contributed by atoms with Gasteiger partial charge in [-0.2, -0.15) is 13.2 Å². The minimum atomic E-state index is -4.56. The number of Topliss-reactive ketones (excluding diaryl/α,β-unsaturated/α-hetero) is 1. The van der Waals surface area contributed by atoms with Crippen molar-refractivity contribution in [1.29, 1.82) is 0 Å². The highest BCUT2D eigenvalue weighted by molar-refractivity contribution is 7.84. The molecule has 3 rings (SSSR count). The van der Waals surface area contributed by atoms with Crippen LogP contribution in [0, 0.1) is 6.92 Å². The van der Waals surface area contributed by atoms with E-state index in [-0.39, 0.29) is 28.6 Å². The zero-order valence-electron chi connectivity index (χ0n) is 13.5. The van der Waals surface area contributed by atoms with Crippen LogP contribution in [0.5, 0.6) is 0 Å². The van der Waals surface area contributed by atoms with E-state index in [0.29, 0.717) is 11.3 Å². The first kappa shape index (κ1) is 17.8. The second-order valence-electron chi connectivity index (χ2n) is 5.99. The Bertz CT molecular complexity index is 857. The molecule has 9 heteroatoms. The number of alkyl halides is 3. The predicted octanol–water partition coefficient (Wildman–Crippen LogP) is 3.44. The zero-order chi connectivity index (χ0) is 18.4. The number of halogens is 3. The number of hydrogen-bond donors (Lipinski definition) is 0. The van der Waals surface area contributed by atoms with E-state index in [1.165, 1.54) is 13.2 Å². The lowest BCUT2D eigenvalue weighted by molar-refractivity contribution is -0.141. The molecular weight excluding hydrogens is 357 g/mol. The van der Waals surface area contributed by atoms with E-state index < -0.39 is 28.5 Å². The Morgan fingerprint density at radius 2 is 2.04 bits per heavy atom. The van der Waals surface area contributed by atoms with Gasteiger partial charge >= 0.3 is 6.18 Å². The van der Waals surface area contributed by atoms with Gasteiger partial charge in [0.15, 0.2) is 10.8 Å². The van der Waals surface area contributed by atoms with E-state index >= 15 is 0 Å². The fraction of sp³-hybridized carbons (Fsp3) is 0.438. The molecule has 0 aromatic carbocycles. The van der Waals surface area contributed by atoms with Crippen molar-refractivity contribution >= 4 is 16.6 Å². The molecule has 1 aliphatic rings. The number of rotatable bonds is 5. The maximum Gasteiger partial charge on any atom is 0.433 e. The van der Waals surface area contributed by atoms with E-state index in [1.807, 2.05) is 0 Å². The third-order valence-corrected chi connectivity index (χ3v) is 4.88. The summed E-state index contributed by atoms with van der Waals surface area (Å²) in [6, 6.07) is 1.91. The summed E-state index contributed by atoms with van der Waals surface area (Å²) in [5.74, 6) is 0.311. The molecule has 0 saturated heterocycles. The number of carbonyl (C=O) groups is 1. The Kier molecular flexibility index (Phi) is 4.52. The summed E-state index contributed by atoms with van der Waals surface area (Å²) in [7, 11) is -1.42. The summed E-state index contributed by atoms with van der Waals surface area (Å²) in [4.78, 5) is 16.1. The van der Waals surface area contributed by atoms with Crippen LogP contribution >= 0.6 is 0 Å². The van der Waals surface area contributed by atoms with E-state index in [2.05, 4.69) is 10.1 Å². The van der Waals surface area contributed by atoms with Gasteiger partial charge < -0.3 is 4.52 Å². The van der Waals surface area contributed by atoms with Crippen LogP contribution in [0.1, 0.15) is 51.8 Å². The number of nitrogens with zero attached hydrogens (tertiary/aromatic N) is 2. The highest BCUT2D eigenvalue weighted by Crippen LogP contribution is 2.43. The first-order valence-corrected chi connectivity index (χ1v) is 9.14. The van der Waals surface area contributed by atoms with Gasteiger partial charge in [-0.05, 0) is 31.9 Å². The quantitative estimate of drug-likeness (QED) is 0.752. The molecular formula is C16H15F3N2O3S. The smallest absolute Gasteiger partial charge is 0.360 e. The molecule has 2 heterocycles. The first-order valence-electron chi connectivity index (χ1n) is 7.58. The summed E-state index contributed by atoms with van der Waals surface area (Å²) in [6.45, 7) is 1.36. The van der Waals surface area contributed by atoms with Crippen molar-refractivity contribution in [3.63, 3.8) is 0 Å². The van der Waals surface area contributed by atoms with Gasteiger partial charge in [0.1, 0.15) is 11.5 Å². The molecule has 1 saturated carbocycles. The van der Waals surface area contributed by atoms with E-state index in [4.69, 9.17) is 4.52 Å². The van der Waals surface area contributed by atoms with Gasteiger partial charge in [-0.25, -0.2) is 4.98 Å². The molecule has 0 spiro atoms. The Hall–Kier alpha value is -2.03. The summed E-state index contributed by atoms with van der Waals surface area (Å²) >= 11 is 0. The van der Waals surface area contributed by atoms with Crippen LogP contribution in [0.25, 0.3) is 0 Å². The lowest BCUT2D eigenvalue weighted by atomic mass is 10.0. The van der Waals surface area contributed by atoms with Gasteiger partial charge in [-0.15, -0.1) is 0 Å². The molecule has 2 aromatic heterocycles. The average molecular weight is 372 g/mol. The number of hydrogen-bond acceptors (Lipinski definition) is 5. The van der Waals surface area contributed by atoms with Crippen LogP contribution < -0.4 is 0 Å². The molecule has 0 amide bonds. The maximum absolute atomic E-state index is 12.7. The molecule has 134 valence electrons. The molecule has 0 radical (unpaired) electrons. The molecule has 5 nitrogen and oxygen atoms in total. The van der Waals surface area contributed by atoms with Crippen LogP contribution in [-0.4, -0.2) is 26.4 Å². The number of carbonyl (C=O) groups excluding carboxylic acids is 1. The topological polar surface area (TPSA) is 73.1 Å². The summed E-state index contributed by atoms with van der Waals surface area (Å²) in [5.41, 5.74) is -0.458. The van der Waals surface area contributed by atoms with Crippen LogP contribution in [0.4, 0.5) is 13.2 Å². The monoisotopic (exact) mass is 372 g/mol. The maximum atomic E-state index is 12.7. The van der Waals surface area contributed by atoms with Gasteiger partial charge in [0.2, 0.25) is 0 Å². The largest absolute Gasteiger partial charge is 0.433 e. The van der Waals surface area contributed by atoms with E-state index in [9.17, 15) is 22.2 Å². The average Bonchev–Trinajstić information content (AvgIpc) is 3.27. The van der Waals surface area contributed by atoms with Crippen LogP contribution in [0.3, 0.4) is 0 Å². The minimum absolute atomic E-state index is 0.00317. The fourth-order valence-electron chi connectivity index (χ4n) is 2.63. The van der Waals surface area contributed by atoms with Crippen molar-refractivity contribution in [2.45, 2.75) is 43.3 Å². The molecule has 0 bridgehead atoms. The fourth-order valence-corrected chi connectivity index (χ4v) is 3.29. The van der Waals surface area contributed by atoms with Crippen LogP contribution in [0.15, 0.2) is 21.7 Å². The highest BCUT2D eigenvalue weighted by Gasteiger charge is 2.35. The van der Waals surface area contributed by atoms with Gasteiger partial charge in [0.25, 0.3) is 0 Å². The Morgan fingerprint density at radius 3 is 2.56 bits per heavy atom. The van der Waals surface area contributed by atoms with Crippen molar-refractivity contribution in [3.8, 4) is 0 Å². The van der Waals surface area contributed by atoms with Crippen molar-refractivity contribution in [3.05, 3.63) is 40.4 Å². The zero-order valence-corrected chi connectivity index (χ0v) is 14.3. The third kappa shape index (κ3) is 3.65. The lowest BCUT2D eigenvalue weighted by Gasteiger charge is -2.09. The Labute approximate surface area is 144 Å². The number of aryl methyl sites for hydroxylation is 1. The Morgan fingerprint density at radius 1 is 1.36 bits per heavy atom. The molecule has 0 aliphatic heterocycles. The Balaban J connectivity index is 1.91. The standard InChI is InChI=1S/C16H15F3N2O3S/c1-8-10(5-6-13(20-8)16(17,18)19)12(22)7-11-14(9-3-4-9)24-21-15(11)25(2)23/h5-6,9H,3-4,7H2,1-2H3. The second kappa shape index (κ2) is 6.36. The minimum Gasteiger partial charge on any atom is -0.360 e. The molecule has 1 unspecified atom stereocenters. The SMILES string of the molecule is Cc1nc(C(F)(F)F)ccc1C(=O)Cc1c(S(C)=O)noc1C1CC1. The highest BCUT2D eigenvalue weighted by atomic mass is 32.2.